The molecule has 0 saturated carbocycles. The molecule has 4 rings (SSSR count). The lowest BCUT2D eigenvalue weighted by Crippen LogP contribution is -2.45. The number of aromatic nitrogens is 4. The van der Waals surface area contributed by atoms with Crippen LogP contribution in [0.2, 0.25) is 0 Å². The Morgan fingerprint density at radius 2 is 1.83 bits per heavy atom. The number of carbonyl (C=O) groups is 1. The standard InChI is InChI=1S/C23H20F3N7O2/c1-14-10-16-11-15(4-7-19(16)33(35)20(14)27)21(34)32(31(2)22-28-8-3-9-29-22)13-18-6-5-17(12-30-18)23(24,25)26/h3-12,27,35H,13H2,1-2H3. The van der Waals surface area contributed by atoms with Crippen molar-refractivity contribution in [1.29, 1.82) is 5.41 Å². The van der Waals surface area contributed by atoms with Crippen LogP contribution in [-0.2, 0) is 12.7 Å². The smallest absolute Gasteiger partial charge is 0.417 e. The predicted molar refractivity (Wildman–Crippen MR) is 119 cm³/mol. The summed E-state index contributed by atoms with van der Waals surface area (Å²) in [6.07, 6.45) is -0.820. The van der Waals surface area contributed by atoms with Crippen LogP contribution in [0, 0.1) is 12.3 Å². The summed E-state index contributed by atoms with van der Waals surface area (Å²) in [4.78, 5) is 25.7. The summed E-state index contributed by atoms with van der Waals surface area (Å²) in [6.45, 7) is 1.50. The van der Waals surface area contributed by atoms with Crippen LogP contribution < -0.4 is 10.5 Å². The van der Waals surface area contributed by atoms with Gasteiger partial charge >= 0.3 is 6.18 Å². The van der Waals surface area contributed by atoms with Gasteiger partial charge in [0.2, 0.25) is 5.95 Å². The highest BCUT2D eigenvalue weighted by Crippen LogP contribution is 2.28. The van der Waals surface area contributed by atoms with Gasteiger partial charge in [-0.2, -0.15) is 17.9 Å². The zero-order chi connectivity index (χ0) is 25.3. The highest BCUT2D eigenvalue weighted by atomic mass is 19.4. The molecule has 0 saturated heterocycles. The molecule has 3 heterocycles. The minimum absolute atomic E-state index is 0.0764. The molecule has 12 heteroatoms. The van der Waals surface area contributed by atoms with Crippen LogP contribution in [-0.4, -0.2) is 42.9 Å². The molecule has 0 spiro atoms. The third-order valence-corrected chi connectivity index (χ3v) is 5.36. The minimum atomic E-state index is -4.53. The van der Waals surface area contributed by atoms with Crippen molar-refractivity contribution in [3.05, 3.63) is 88.9 Å². The Labute approximate surface area is 197 Å². The van der Waals surface area contributed by atoms with E-state index in [1.165, 1.54) is 40.6 Å². The Kier molecular flexibility index (Phi) is 6.12. The van der Waals surface area contributed by atoms with E-state index < -0.39 is 17.6 Å². The van der Waals surface area contributed by atoms with Crippen LogP contribution in [0.4, 0.5) is 19.1 Å². The average molecular weight is 483 g/mol. The van der Waals surface area contributed by atoms with E-state index in [0.29, 0.717) is 22.7 Å². The van der Waals surface area contributed by atoms with E-state index in [0.717, 1.165) is 10.8 Å². The summed E-state index contributed by atoms with van der Waals surface area (Å²) in [5.41, 5.74) is 0.336. The number of nitrogens with zero attached hydrogens (tertiary/aromatic N) is 6. The number of nitrogens with one attached hydrogen (secondary N) is 1. The number of fused-ring (bicyclic) bond motifs is 1. The van der Waals surface area contributed by atoms with Crippen molar-refractivity contribution in [3.63, 3.8) is 0 Å². The molecule has 0 fully saturated rings. The summed E-state index contributed by atoms with van der Waals surface area (Å²) >= 11 is 0. The fraction of sp³-hybridized carbons (Fsp3) is 0.174. The lowest BCUT2D eigenvalue weighted by molar-refractivity contribution is -0.137. The van der Waals surface area contributed by atoms with Gasteiger partial charge in [-0.3, -0.25) is 20.2 Å². The lowest BCUT2D eigenvalue weighted by atomic mass is 10.1. The van der Waals surface area contributed by atoms with Gasteiger partial charge in [0.25, 0.3) is 5.91 Å². The molecule has 3 aromatic heterocycles. The second kappa shape index (κ2) is 9.05. The van der Waals surface area contributed by atoms with E-state index in [-0.39, 0.29) is 29.2 Å². The summed E-state index contributed by atoms with van der Waals surface area (Å²) < 4.78 is 39.5. The molecule has 180 valence electrons. The molecule has 0 radical (unpaired) electrons. The molecule has 1 amide bonds. The molecule has 1 aromatic carbocycles. The third-order valence-electron chi connectivity index (χ3n) is 5.36. The maximum Gasteiger partial charge on any atom is 0.417 e. The van der Waals surface area contributed by atoms with Gasteiger partial charge in [-0.05, 0) is 55.0 Å². The average Bonchev–Trinajstić information content (AvgIpc) is 2.85. The maximum absolute atomic E-state index is 13.6. The van der Waals surface area contributed by atoms with Gasteiger partial charge in [-0.1, -0.05) is 0 Å². The van der Waals surface area contributed by atoms with Crippen LogP contribution in [0.5, 0.6) is 0 Å². The summed E-state index contributed by atoms with van der Waals surface area (Å²) in [7, 11) is 1.55. The first-order chi connectivity index (χ1) is 16.6. The topological polar surface area (TPSA) is 111 Å². The van der Waals surface area contributed by atoms with Crippen LogP contribution in [0.25, 0.3) is 10.9 Å². The molecule has 0 bridgehead atoms. The van der Waals surface area contributed by atoms with E-state index in [1.807, 2.05) is 0 Å². The van der Waals surface area contributed by atoms with Crippen molar-refractivity contribution in [2.24, 2.45) is 0 Å². The largest absolute Gasteiger partial charge is 0.426 e. The number of hydrazine groups is 1. The quantitative estimate of drug-likeness (QED) is 0.332. The number of hydrogen-bond acceptors (Lipinski definition) is 7. The van der Waals surface area contributed by atoms with E-state index in [1.54, 1.807) is 32.2 Å². The monoisotopic (exact) mass is 483 g/mol. The highest BCUT2D eigenvalue weighted by molar-refractivity contribution is 5.98. The number of anilines is 1. The van der Waals surface area contributed by atoms with Crippen molar-refractivity contribution in [1.82, 2.24) is 24.7 Å². The van der Waals surface area contributed by atoms with Gasteiger partial charge in [0, 0.05) is 36.6 Å². The van der Waals surface area contributed by atoms with Gasteiger partial charge in [-0.15, -0.1) is 0 Å². The Balaban J connectivity index is 1.73. The Morgan fingerprint density at radius 3 is 2.46 bits per heavy atom. The number of carbonyl (C=O) groups excluding carboxylic acids is 1. The SMILES string of the molecule is Cc1cc2cc(C(=O)N(Cc3ccc(C(F)(F)F)cn3)N(C)c3ncccn3)ccc2n(O)c1=N. The first-order valence-corrected chi connectivity index (χ1v) is 10.3. The van der Waals surface area contributed by atoms with Crippen LogP contribution >= 0.6 is 0 Å². The number of alkyl halides is 3. The number of rotatable bonds is 5. The van der Waals surface area contributed by atoms with Gasteiger partial charge in [0.15, 0.2) is 5.49 Å². The first-order valence-electron chi connectivity index (χ1n) is 10.3. The number of hydrogen-bond donors (Lipinski definition) is 2. The number of halogens is 3. The van der Waals surface area contributed by atoms with Crippen molar-refractivity contribution < 1.29 is 23.2 Å². The van der Waals surface area contributed by atoms with Crippen molar-refractivity contribution >= 4 is 22.8 Å². The molecule has 0 unspecified atom stereocenters. The highest BCUT2D eigenvalue weighted by Gasteiger charge is 2.31. The lowest BCUT2D eigenvalue weighted by Gasteiger charge is -2.31. The minimum Gasteiger partial charge on any atom is -0.426 e. The fourth-order valence-corrected chi connectivity index (χ4v) is 3.45. The maximum atomic E-state index is 13.6. The molecular weight excluding hydrogens is 463 g/mol. The van der Waals surface area contributed by atoms with Gasteiger partial charge < -0.3 is 5.21 Å². The normalized spacial score (nSPS) is 11.5. The van der Waals surface area contributed by atoms with Gasteiger partial charge in [0.05, 0.1) is 23.3 Å². The Bertz CT molecular complexity index is 1440. The first kappa shape index (κ1) is 23.7. The van der Waals surface area contributed by atoms with E-state index in [2.05, 4.69) is 15.0 Å². The van der Waals surface area contributed by atoms with E-state index >= 15 is 0 Å². The predicted octanol–water partition coefficient (Wildman–Crippen LogP) is 3.56. The number of amides is 1. The molecule has 2 N–H and O–H groups in total. The zero-order valence-electron chi connectivity index (χ0n) is 18.7. The molecule has 4 aromatic rings. The van der Waals surface area contributed by atoms with Crippen molar-refractivity contribution in [2.45, 2.75) is 19.6 Å². The molecule has 9 nitrogen and oxygen atoms in total. The second-order valence-corrected chi connectivity index (χ2v) is 7.73. The van der Waals surface area contributed by atoms with Crippen LogP contribution in [0.3, 0.4) is 0 Å². The fourth-order valence-electron chi connectivity index (χ4n) is 3.45. The molecule has 0 aliphatic rings. The van der Waals surface area contributed by atoms with Gasteiger partial charge in [-0.25, -0.2) is 15.0 Å². The Morgan fingerprint density at radius 1 is 1.11 bits per heavy atom. The van der Waals surface area contributed by atoms with E-state index in [9.17, 15) is 23.2 Å². The second-order valence-electron chi connectivity index (χ2n) is 7.73. The molecular formula is C23H20F3N7O2. The van der Waals surface area contributed by atoms with Crippen LogP contribution in [0.15, 0.2) is 61.1 Å². The summed E-state index contributed by atoms with van der Waals surface area (Å²) in [5.74, 6) is -0.308. The zero-order valence-corrected chi connectivity index (χ0v) is 18.7. The Hall–Kier alpha value is -4.48. The molecule has 0 aliphatic heterocycles. The molecule has 35 heavy (non-hydrogen) atoms. The molecule has 0 atom stereocenters. The third kappa shape index (κ3) is 4.76. The number of pyridine rings is 2. The van der Waals surface area contributed by atoms with Gasteiger partial charge in [0.1, 0.15) is 0 Å². The van der Waals surface area contributed by atoms with Crippen molar-refractivity contribution in [3.8, 4) is 0 Å². The number of benzene rings is 1. The summed E-state index contributed by atoms with van der Waals surface area (Å²) in [5, 5.41) is 21.3. The van der Waals surface area contributed by atoms with Crippen LogP contribution in [0.1, 0.15) is 27.2 Å². The molecule has 0 aliphatic carbocycles. The van der Waals surface area contributed by atoms with E-state index in [4.69, 9.17) is 5.41 Å². The van der Waals surface area contributed by atoms with Crippen molar-refractivity contribution in [2.75, 3.05) is 12.1 Å². The number of aryl methyl sites for hydroxylation is 1. The summed E-state index contributed by atoms with van der Waals surface area (Å²) in [6, 6.07) is 9.94.